The summed E-state index contributed by atoms with van der Waals surface area (Å²) in [5.74, 6) is 0. The Labute approximate surface area is 115 Å². The number of halogens is 2. The Hall–Kier alpha value is -1.57. The number of pyridine rings is 1. The van der Waals surface area contributed by atoms with Crippen molar-refractivity contribution in [1.29, 1.82) is 0 Å². The first-order chi connectivity index (χ1) is 8.77. The summed E-state index contributed by atoms with van der Waals surface area (Å²) in [7, 11) is 0. The molecule has 0 fully saturated rings. The molecule has 0 amide bonds. The van der Waals surface area contributed by atoms with E-state index in [1.807, 2.05) is 48.5 Å². The highest BCUT2D eigenvalue weighted by Crippen LogP contribution is 2.36. The molecule has 0 radical (unpaired) electrons. The van der Waals surface area contributed by atoms with Crippen LogP contribution in [0.4, 0.5) is 0 Å². The number of rotatable bonds is 1. The van der Waals surface area contributed by atoms with E-state index in [4.69, 9.17) is 23.2 Å². The van der Waals surface area contributed by atoms with Crippen LogP contribution in [0, 0.1) is 0 Å². The summed E-state index contributed by atoms with van der Waals surface area (Å²) in [6.07, 6.45) is 1.78. The summed E-state index contributed by atoms with van der Waals surface area (Å²) in [5.41, 5.74) is 1.61. The van der Waals surface area contributed by atoms with Gasteiger partial charge >= 0.3 is 0 Å². The monoisotopic (exact) mass is 273 g/mol. The van der Waals surface area contributed by atoms with Crippen LogP contribution in [0.25, 0.3) is 22.0 Å². The molecule has 3 rings (SSSR count). The van der Waals surface area contributed by atoms with Crippen molar-refractivity contribution in [3.8, 4) is 11.3 Å². The maximum absolute atomic E-state index is 6.24. The highest BCUT2D eigenvalue weighted by Gasteiger charge is 2.12. The molecule has 0 saturated carbocycles. The SMILES string of the molecule is Clc1cccc(Cl)c1-c1nccc2ccccc12. The average Bonchev–Trinajstić information content (AvgIpc) is 2.39. The molecule has 0 atom stereocenters. The molecule has 0 spiro atoms. The van der Waals surface area contributed by atoms with Crippen LogP contribution >= 0.6 is 23.2 Å². The van der Waals surface area contributed by atoms with Crippen LogP contribution < -0.4 is 0 Å². The van der Waals surface area contributed by atoms with Crippen LogP contribution in [0.1, 0.15) is 0 Å². The lowest BCUT2D eigenvalue weighted by atomic mass is 10.0. The highest BCUT2D eigenvalue weighted by molar-refractivity contribution is 6.39. The van der Waals surface area contributed by atoms with Crippen molar-refractivity contribution in [3.05, 3.63) is 64.8 Å². The highest BCUT2D eigenvalue weighted by atomic mass is 35.5. The second-order valence-electron chi connectivity index (χ2n) is 3.98. The van der Waals surface area contributed by atoms with Crippen LogP contribution in [-0.4, -0.2) is 4.98 Å². The second kappa shape index (κ2) is 4.60. The first-order valence-electron chi connectivity index (χ1n) is 5.55. The van der Waals surface area contributed by atoms with E-state index in [2.05, 4.69) is 4.98 Å². The number of nitrogens with zero attached hydrogens (tertiary/aromatic N) is 1. The second-order valence-corrected chi connectivity index (χ2v) is 4.79. The molecule has 2 aromatic carbocycles. The predicted octanol–water partition coefficient (Wildman–Crippen LogP) is 5.21. The van der Waals surface area contributed by atoms with Crippen LogP contribution in [-0.2, 0) is 0 Å². The average molecular weight is 274 g/mol. The fourth-order valence-electron chi connectivity index (χ4n) is 2.04. The van der Waals surface area contributed by atoms with E-state index >= 15 is 0 Å². The van der Waals surface area contributed by atoms with Gasteiger partial charge in [0.25, 0.3) is 0 Å². The zero-order valence-corrected chi connectivity index (χ0v) is 10.9. The van der Waals surface area contributed by atoms with Crippen molar-refractivity contribution in [2.75, 3.05) is 0 Å². The summed E-state index contributed by atoms with van der Waals surface area (Å²) in [5, 5.41) is 3.41. The van der Waals surface area contributed by atoms with Gasteiger partial charge in [0.2, 0.25) is 0 Å². The molecule has 0 N–H and O–H groups in total. The molecule has 3 aromatic rings. The van der Waals surface area contributed by atoms with Crippen LogP contribution in [0.2, 0.25) is 10.0 Å². The van der Waals surface area contributed by atoms with Gasteiger partial charge in [0, 0.05) is 17.1 Å². The summed E-state index contributed by atoms with van der Waals surface area (Å²) >= 11 is 12.5. The fourth-order valence-corrected chi connectivity index (χ4v) is 2.62. The van der Waals surface area contributed by atoms with E-state index < -0.39 is 0 Å². The van der Waals surface area contributed by atoms with Gasteiger partial charge in [0.1, 0.15) is 0 Å². The van der Waals surface area contributed by atoms with Gasteiger partial charge in [-0.05, 0) is 23.6 Å². The van der Waals surface area contributed by atoms with Crippen molar-refractivity contribution in [2.24, 2.45) is 0 Å². The Morgan fingerprint density at radius 1 is 0.778 bits per heavy atom. The minimum atomic E-state index is 0.617. The Morgan fingerprint density at radius 2 is 1.50 bits per heavy atom. The minimum Gasteiger partial charge on any atom is -0.255 e. The van der Waals surface area contributed by atoms with Gasteiger partial charge in [-0.2, -0.15) is 0 Å². The molecule has 0 aliphatic heterocycles. The van der Waals surface area contributed by atoms with E-state index in [1.54, 1.807) is 6.20 Å². The van der Waals surface area contributed by atoms with Crippen molar-refractivity contribution in [2.45, 2.75) is 0 Å². The van der Waals surface area contributed by atoms with E-state index in [9.17, 15) is 0 Å². The predicted molar refractivity (Wildman–Crippen MR) is 77.2 cm³/mol. The third kappa shape index (κ3) is 1.86. The Bertz CT molecular complexity index is 697. The molecule has 0 saturated heterocycles. The fraction of sp³-hybridized carbons (Fsp3) is 0. The zero-order chi connectivity index (χ0) is 12.5. The van der Waals surface area contributed by atoms with Gasteiger partial charge < -0.3 is 0 Å². The molecule has 3 heteroatoms. The molecule has 0 aliphatic rings. The standard InChI is InChI=1S/C15H9Cl2N/c16-12-6-3-7-13(17)14(12)15-11-5-2-1-4-10(11)8-9-18-15/h1-9H. The first kappa shape index (κ1) is 11.5. The molecule has 1 heterocycles. The molecule has 18 heavy (non-hydrogen) atoms. The first-order valence-corrected chi connectivity index (χ1v) is 6.31. The third-order valence-corrected chi connectivity index (χ3v) is 3.50. The third-order valence-electron chi connectivity index (χ3n) is 2.87. The Morgan fingerprint density at radius 3 is 2.28 bits per heavy atom. The molecular weight excluding hydrogens is 265 g/mol. The van der Waals surface area contributed by atoms with Gasteiger partial charge in [-0.1, -0.05) is 53.5 Å². The summed E-state index contributed by atoms with van der Waals surface area (Å²) in [6.45, 7) is 0. The molecular formula is C15H9Cl2N. The quantitative estimate of drug-likeness (QED) is 0.593. The maximum Gasteiger partial charge on any atom is 0.0810 e. The maximum atomic E-state index is 6.24. The number of hydrogen-bond acceptors (Lipinski definition) is 1. The minimum absolute atomic E-state index is 0.617. The summed E-state index contributed by atoms with van der Waals surface area (Å²) in [6, 6.07) is 15.5. The molecule has 1 nitrogen and oxygen atoms in total. The van der Waals surface area contributed by atoms with Gasteiger partial charge in [-0.15, -0.1) is 0 Å². The largest absolute Gasteiger partial charge is 0.255 e. The number of fused-ring (bicyclic) bond motifs is 1. The lowest BCUT2D eigenvalue weighted by molar-refractivity contribution is 1.36. The van der Waals surface area contributed by atoms with Crippen molar-refractivity contribution in [3.63, 3.8) is 0 Å². The van der Waals surface area contributed by atoms with Crippen LogP contribution in [0.5, 0.6) is 0 Å². The molecule has 0 bridgehead atoms. The Balaban J connectivity index is 2.39. The van der Waals surface area contributed by atoms with E-state index in [0.29, 0.717) is 10.0 Å². The summed E-state index contributed by atoms with van der Waals surface area (Å²) < 4.78 is 0. The smallest absolute Gasteiger partial charge is 0.0810 e. The molecule has 0 aliphatic carbocycles. The normalized spacial score (nSPS) is 10.8. The van der Waals surface area contributed by atoms with Crippen molar-refractivity contribution >= 4 is 34.0 Å². The topological polar surface area (TPSA) is 12.9 Å². The lowest BCUT2D eigenvalue weighted by Crippen LogP contribution is -1.88. The summed E-state index contributed by atoms with van der Waals surface area (Å²) in [4.78, 5) is 4.43. The number of aromatic nitrogens is 1. The van der Waals surface area contributed by atoms with Crippen LogP contribution in [0.3, 0.4) is 0 Å². The van der Waals surface area contributed by atoms with E-state index in [-0.39, 0.29) is 0 Å². The molecule has 1 aromatic heterocycles. The van der Waals surface area contributed by atoms with Crippen molar-refractivity contribution < 1.29 is 0 Å². The van der Waals surface area contributed by atoms with Gasteiger partial charge in [-0.25, -0.2) is 0 Å². The molecule has 0 unspecified atom stereocenters. The van der Waals surface area contributed by atoms with Gasteiger partial charge in [0.15, 0.2) is 0 Å². The Kier molecular flexibility index (Phi) is 2.94. The van der Waals surface area contributed by atoms with Crippen molar-refractivity contribution in [1.82, 2.24) is 4.98 Å². The van der Waals surface area contributed by atoms with Crippen LogP contribution in [0.15, 0.2) is 54.7 Å². The van der Waals surface area contributed by atoms with Gasteiger partial charge in [0.05, 0.1) is 15.7 Å². The molecule has 88 valence electrons. The lowest BCUT2D eigenvalue weighted by Gasteiger charge is -2.09. The van der Waals surface area contributed by atoms with E-state index in [0.717, 1.165) is 22.0 Å². The van der Waals surface area contributed by atoms with E-state index in [1.165, 1.54) is 0 Å². The van der Waals surface area contributed by atoms with Gasteiger partial charge in [-0.3, -0.25) is 4.98 Å². The zero-order valence-electron chi connectivity index (χ0n) is 9.40. The number of hydrogen-bond donors (Lipinski definition) is 0. The number of benzene rings is 2.